The number of aliphatic carboxylic acids is 1. The van der Waals surface area contributed by atoms with E-state index in [9.17, 15) is 14.7 Å². The molecule has 5 heteroatoms. The van der Waals surface area contributed by atoms with Gasteiger partial charge in [0.05, 0.1) is 6.10 Å². The lowest BCUT2D eigenvalue weighted by atomic mass is 9.78. The third kappa shape index (κ3) is 4.32. The standard InChI is InChI=1S/C18H25NO4/c1-2-18(17(21)22,14-8-4-3-5-9-14)13-19-16(20)12-23-15-10-6-7-11-15/h3-5,8-9,15H,2,6-7,10-13H2,1H3,(H,19,20)(H,21,22). The molecule has 23 heavy (non-hydrogen) atoms. The Kier molecular flexibility index (Phi) is 6.16. The highest BCUT2D eigenvalue weighted by Gasteiger charge is 2.39. The summed E-state index contributed by atoms with van der Waals surface area (Å²) in [4.78, 5) is 23.8. The maximum Gasteiger partial charge on any atom is 0.315 e. The maximum absolute atomic E-state index is 12.0. The Morgan fingerprint density at radius 3 is 2.48 bits per heavy atom. The highest BCUT2D eigenvalue weighted by molar-refractivity contribution is 5.84. The normalized spacial score (nSPS) is 17.6. The van der Waals surface area contributed by atoms with Gasteiger partial charge in [0, 0.05) is 6.54 Å². The van der Waals surface area contributed by atoms with E-state index >= 15 is 0 Å². The molecule has 1 aliphatic rings. The van der Waals surface area contributed by atoms with Crippen LogP contribution in [0, 0.1) is 0 Å². The molecule has 1 fully saturated rings. The highest BCUT2D eigenvalue weighted by atomic mass is 16.5. The van der Waals surface area contributed by atoms with Gasteiger partial charge >= 0.3 is 5.97 Å². The zero-order valence-corrected chi connectivity index (χ0v) is 13.6. The van der Waals surface area contributed by atoms with Gasteiger partial charge in [-0.15, -0.1) is 0 Å². The van der Waals surface area contributed by atoms with Crippen LogP contribution in [0.3, 0.4) is 0 Å². The third-order valence-corrected chi connectivity index (χ3v) is 4.68. The second-order valence-corrected chi connectivity index (χ2v) is 6.10. The summed E-state index contributed by atoms with van der Waals surface area (Å²) < 4.78 is 5.57. The molecule has 2 N–H and O–H groups in total. The molecule has 5 nitrogen and oxygen atoms in total. The Bertz CT molecular complexity index is 525. The van der Waals surface area contributed by atoms with E-state index in [1.165, 1.54) is 0 Å². The van der Waals surface area contributed by atoms with Crippen LogP contribution in [-0.4, -0.2) is 36.2 Å². The SMILES string of the molecule is CCC(CNC(=O)COC1CCCC1)(C(=O)O)c1ccccc1. The van der Waals surface area contributed by atoms with Crippen molar-refractivity contribution in [1.29, 1.82) is 0 Å². The van der Waals surface area contributed by atoms with Crippen molar-refractivity contribution in [3.8, 4) is 0 Å². The molecule has 126 valence electrons. The average Bonchev–Trinajstić information content (AvgIpc) is 3.08. The topological polar surface area (TPSA) is 75.6 Å². The first-order valence-corrected chi connectivity index (χ1v) is 8.25. The molecule has 1 aliphatic carbocycles. The second-order valence-electron chi connectivity index (χ2n) is 6.10. The number of benzene rings is 1. The third-order valence-electron chi connectivity index (χ3n) is 4.68. The first-order chi connectivity index (χ1) is 11.1. The van der Waals surface area contributed by atoms with Gasteiger partial charge in [-0.1, -0.05) is 50.1 Å². The summed E-state index contributed by atoms with van der Waals surface area (Å²) in [5, 5.41) is 12.4. The molecule has 0 aromatic heterocycles. The minimum absolute atomic E-state index is 0.00112. The van der Waals surface area contributed by atoms with Gasteiger partial charge < -0.3 is 15.2 Å². The minimum atomic E-state index is -1.11. The molecule has 1 aromatic carbocycles. The lowest BCUT2D eigenvalue weighted by molar-refractivity contribution is -0.144. The summed E-state index contributed by atoms with van der Waals surface area (Å²) in [7, 11) is 0. The molecule has 2 rings (SSSR count). The summed E-state index contributed by atoms with van der Waals surface area (Å²) in [6, 6.07) is 9.05. The van der Waals surface area contributed by atoms with E-state index in [1.54, 1.807) is 12.1 Å². The van der Waals surface area contributed by atoms with Crippen molar-refractivity contribution in [3.05, 3.63) is 35.9 Å². The predicted molar refractivity (Wildman–Crippen MR) is 87.3 cm³/mol. The molecule has 0 saturated heterocycles. The van der Waals surface area contributed by atoms with Gasteiger partial charge in [0.1, 0.15) is 12.0 Å². The van der Waals surface area contributed by atoms with Gasteiger partial charge in [0.15, 0.2) is 0 Å². The van der Waals surface area contributed by atoms with E-state index in [0.717, 1.165) is 25.7 Å². The van der Waals surface area contributed by atoms with E-state index in [-0.39, 0.29) is 25.2 Å². The van der Waals surface area contributed by atoms with E-state index in [0.29, 0.717) is 12.0 Å². The van der Waals surface area contributed by atoms with Crippen LogP contribution in [0.15, 0.2) is 30.3 Å². The summed E-state index contributed by atoms with van der Waals surface area (Å²) >= 11 is 0. The van der Waals surface area contributed by atoms with Gasteiger partial charge in [-0.25, -0.2) is 0 Å². The largest absolute Gasteiger partial charge is 0.481 e. The van der Waals surface area contributed by atoms with Crippen LogP contribution in [0.25, 0.3) is 0 Å². The summed E-state index contributed by atoms with van der Waals surface area (Å²) in [6.45, 7) is 1.89. The van der Waals surface area contributed by atoms with Crippen molar-refractivity contribution in [3.63, 3.8) is 0 Å². The predicted octanol–water partition coefficient (Wildman–Crippen LogP) is 2.49. The molecular weight excluding hydrogens is 294 g/mol. The first-order valence-electron chi connectivity index (χ1n) is 8.25. The summed E-state index contributed by atoms with van der Waals surface area (Å²) in [5.41, 5.74) is -0.406. The van der Waals surface area contributed by atoms with Crippen molar-refractivity contribution in [1.82, 2.24) is 5.32 Å². The number of amides is 1. The summed E-state index contributed by atoms with van der Waals surface area (Å²) in [5.74, 6) is -1.19. The number of carbonyl (C=O) groups is 2. The second kappa shape index (κ2) is 8.11. The number of hydrogen-bond acceptors (Lipinski definition) is 3. The first kappa shape index (κ1) is 17.5. The lowest BCUT2D eigenvalue weighted by Gasteiger charge is -2.29. The monoisotopic (exact) mass is 319 g/mol. The van der Waals surface area contributed by atoms with Crippen LogP contribution in [0.4, 0.5) is 0 Å². The number of carboxylic acids is 1. The van der Waals surface area contributed by atoms with Crippen molar-refractivity contribution in [2.75, 3.05) is 13.2 Å². The van der Waals surface area contributed by atoms with Crippen LogP contribution in [0.2, 0.25) is 0 Å². The maximum atomic E-state index is 12.0. The highest BCUT2D eigenvalue weighted by Crippen LogP contribution is 2.28. The van der Waals surface area contributed by atoms with Crippen molar-refractivity contribution >= 4 is 11.9 Å². The van der Waals surface area contributed by atoms with Crippen molar-refractivity contribution in [2.24, 2.45) is 0 Å². The zero-order valence-electron chi connectivity index (χ0n) is 13.6. The number of carboxylic acid groups (broad SMARTS) is 1. The van der Waals surface area contributed by atoms with Crippen LogP contribution >= 0.6 is 0 Å². The van der Waals surface area contributed by atoms with Crippen LogP contribution < -0.4 is 5.32 Å². The molecule has 0 aliphatic heterocycles. The lowest BCUT2D eigenvalue weighted by Crippen LogP contribution is -2.47. The van der Waals surface area contributed by atoms with E-state index in [4.69, 9.17) is 4.74 Å². The van der Waals surface area contributed by atoms with E-state index in [1.807, 2.05) is 25.1 Å². The fourth-order valence-corrected chi connectivity index (χ4v) is 3.09. The van der Waals surface area contributed by atoms with Gasteiger partial charge in [0.2, 0.25) is 5.91 Å². The van der Waals surface area contributed by atoms with E-state index < -0.39 is 11.4 Å². The van der Waals surface area contributed by atoms with Gasteiger partial charge in [-0.05, 0) is 24.8 Å². The van der Waals surface area contributed by atoms with Crippen molar-refractivity contribution < 1.29 is 19.4 Å². The zero-order chi connectivity index (χ0) is 16.7. The molecule has 1 saturated carbocycles. The molecule has 1 aromatic rings. The molecule has 1 unspecified atom stereocenters. The van der Waals surface area contributed by atoms with Crippen LogP contribution in [0.5, 0.6) is 0 Å². The smallest absolute Gasteiger partial charge is 0.315 e. The minimum Gasteiger partial charge on any atom is -0.481 e. The molecule has 0 spiro atoms. The fraction of sp³-hybridized carbons (Fsp3) is 0.556. The molecule has 0 bridgehead atoms. The van der Waals surface area contributed by atoms with Gasteiger partial charge in [0.25, 0.3) is 0 Å². The molecule has 1 amide bonds. The number of rotatable bonds is 8. The Balaban J connectivity index is 1.95. The molecule has 1 atom stereocenters. The van der Waals surface area contributed by atoms with Gasteiger partial charge in [-0.2, -0.15) is 0 Å². The number of carbonyl (C=O) groups excluding carboxylic acids is 1. The quantitative estimate of drug-likeness (QED) is 0.772. The van der Waals surface area contributed by atoms with Gasteiger partial charge in [-0.3, -0.25) is 9.59 Å². The van der Waals surface area contributed by atoms with Crippen molar-refractivity contribution in [2.45, 2.75) is 50.5 Å². The van der Waals surface area contributed by atoms with E-state index in [2.05, 4.69) is 5.32 Å². The Labute approximate surface area is 137 Å². The molecule has 0 radical (unpaired) electrons. The number of hydrogen-bond donors (Lipinski definition) is 2. The Morgan fingerprint density at radius 2 is 1.91 bits per heavy atom. The summed E-state index contributed by atoms with van der Waals surface area (Å²) in [6.07, 6.45) is 4.88. The molecular formula is C18H25NO4. The van der Waals surface area contributed by atoms with Crippen LogP contribution in [0.1, 0.15) is 44.6 Å². The average molecular weight is 319 g/mol. The number of ether oxygens (including phenoxy) is 1. The molecule has 0 heterocycles. The Hall–Kier alpha value is -1.88. The number of nitrogens with one attached hydrogen (secondary N) is 1. The Morgan fingerprint density at radius 1 is 1.26 bits per heavy atom. The van der Waals surface area contributed by atoms with Crippen LogP contribution in [-0.2, 0) is 19.7 Å². The fourth-order valence-electron chi connectivity index (χ4n) is 3.09.